The van der Waals surface area contributed by atoms with Crippen LogP contribution < -0.4 is 4.90 Å². The summed E-state index contributed by atoms with van der Waals surface area (Å²) in [7, 11) is -3.18. The van der Waals surface area contributed by atoms with Crippen molar-refractivity contribution in [1.29, 1.82) is 0 Å². The van der Waals surface area contributed by atoms with Gasteiger partial charge in [0, 0.05) is 36.2 Å². The Morgan fingerprint density at radius 1 is 1.47 bits per heavy atom. The van der Waals surface area contributed by atoms with E-state index in [0.29, 0.717) is 30.1 Å². The van der Waals surface area contributed by atoms with E-state index in [1.165, 1.54) is 12.4 Å². The van der Waals surface area contributed by atoms with Crippen LogP contribution in [0, 0.1) is 0 Å². The second-order valence-electron chi connectivity index (χ2n) is 4.11. The molecule has 6 nitrogen and oxygen atoms in total. The predicted molar refractivity (Wildman–Crippen MR) is 75.3 cm³/mol. The third-order valence-electron chi connectivity index (χ3n) is 2.95. The number of hydrogen-bond acceptors (Lipinski definition) is 7. The van der Waals surface area contributed by atoms with E-state index in [4.69, 9.17) is 0 Å². The van der Waals surface area contributed by atoms with Gasteiger partial charge >= 0.3 is 0 Å². The lowest BCUT2D eigenvalue weighted by atomic mass is 10.4. The van der Waals surface area contributed by atoms with Crippen molar-refractivity contribution >= 4 is 33.8 Å². The molecule has 0 aliphatic carbocycles. The van der Waals surface area contributed by atoms with Gasteiger partial charge in [0.15, 0.2) is 16.1 Å². The van der Waals surface area contributed by atoms with Crippen molar-refractivity contribution in [2.24, 2.45) is 0 Å². The average molecular weight is 301 g/mol. The fourth-order valence-corrected chi connectivity index (χ4v) is 4.80. The van der Waals surface area contributed by atoms with Crippen LogP contribution >= 0.6 is 11.8 Å². The molecule has 0 N–H and O–H groups in total. The van der Waals surface area contributed by atoms with Crippen molar-refractivity contribution in [3.8, 4) is 0 Å². The van der Waals surface area contributed by atoms with Gasteiger partial charge in [-0.05, 0) is 0 Å². The lowest BCUT2D eigenvalue weighted by Crippen LogP contribution is -2.48. The van der Waals surface area contributed by atoms with Crippen LogP contribution in [-0.2, 0) is 9.84 Å². The standard InChI is InChI=1S/C11H15N3O3S2/c1-2-19(16,17)10-8-18-4-3-14(10)11-12-5-9(7-15)6-13-11/h5-7,10H,2-4,8H2,1H3. The van der Waals surface area contributed by atoms with E-state index in [1.54, 1.807) is 23.6 Å². The maximum absolute atomic E-state index is 12.1. The summed E-state index contributed by atoms with van der Waals surface area (Å²) in [4.78, 5) is 20.4. The maximum Gasteiger partial charge on any atom is 0.226 e. The Labute approximate surface area is 116 Å². The second kappa shape index (κ2) is 5.87. The van der Waals surface area contributed by atoms with Crippen LogP contribution in [0.2, 0.25) is 0 Å². The van der Waals surface area contributed by atoms with Gasteiger partial charge in [0.25, 0.3) is 0 Å². The Morgan fingerprint density at radius 2 is 2.16 bits per heavy atom. The number of nitrogens with zero attached hydrogens (tertiary/aromatic N) is 3. The van der Waals surface area contributed by atoms with Crippen molar-refractivity contribution in [2.75, 3.05) is 28.7 Å². The molecule has 0 bridgehead atoms. The molecule has 1 aliphatic rings. The number of carbonyl (C=O) groups excluding carboxylic acids is 1. The van der Waals surface area contributed by atoms with Crippen LogP contribution in [0.1, 0.15) is 17.3 Å². The molecule has 1 unspecified atom stereocenters. The van der Waals surface area contributed by atoms with Crippen LogP contribution in [0.25, 0.3) is 0 Å². The molecule has 1 aliphatic heterocycles. The summed E-state index contributed by atoms with van der Waals surface area (Å²) >= 11 is 1.62. The number of aromatic nitrogens is 2. The van der Waals surface area contributed by atoms with Crippen LogP contribution in [0.15, 0.2) is 12.4 Å². The summed E-state index contributed by atoms with van der Waals surface area (Å²) in [6, 6.07) is 0. The maximum atomic E-state index is 12.1. The Hall–Kier alpha value is -1.15. The van der Waals surface area contributed by atoms with Crippen LogP contribution in [0.5, 0.6) is 0 Å². The zero-order valence-corrected chi connectivity index (χ0v) is 12.2. The number of thioether (sulfide) groups is 1. The highest BCUT2D eigenvalue weighted by molar-refractivity contribution is 8.01. The third-order valence-corrected chi connectivity index (χ3v) is 6.24. The SMILES string of the molecule is CCS(=O)(=O)C1CSCCN1c1ncc(C=O)cn1. The van der Waals surface area contributed by atoms with E-state index in [9.17, 15) is 13.2 Å². The minimum absolute atomic E-state index is 0.0984. The molecule has 0 amide bonds. The number of aldehydes is 1. The van der Waals surface area contributed by atoms with Crippen molar-refractivity contribution in [3.63, 3.8) is 0 Å². The average Bonchev–Trinajstić information content (AvgIpc) is 2.47. The number of hydrogen-bond donors (Lipinski definition) is 0. The number of sulfone groups is 1. The fraction of sp³-hybridized carbons (Fsp3) is 0.545. The highest BCUT2D eigenvalue weighted by atomic mass is 32.2. The molecular weight excluding hydrogens is 286 g/mol. The van der Waals surface area contributed by atoms with E-state index < -0.39 is 15.2 Å². The first kappa shape index (κ1) is 14.3. The highest BCUT2D eigenvalue weighted by Crippen LogP contribution is 2.24. The normalized spacial score (nSPS) is 20.3. The summed E-state index contributed by atoms with van der Waals surface area (Å²) in [5, 5.41) is -0.585. The Kier molecular flexibility index (Phi) is 4.41. The summed E-state index contributed by atoms with van der Waals surface area (Å²) < 4.78 is 24.2. The first-order valence-electron chi connectivity index (χ1n) is 5.91. The largest absolute Gasteiger partial charge is 0.322 e. The van der Waals surface area contributed by atoms with Gasteiger partial charge in [-0.2, -0.15) is 11.8 Å². The molecule has 1 aromatic rings. The summed E-state index contributed by atoms with van der Waals surface area (Å²) in [6.45, 7) is 2.23. The molecule has 0 saturated carbocycles. The number of anilines is 1. The van der Waals surface area contributed by atoms with E-state index in [1.807, 2.05) is 0 Å². The zero-order chi connectivity index (χ0) is 13.9. The van der Waals surface area contributed by atoms with Gasteiger partial charge in [-0.15, -0.1) is 0 Å². The van der Waals surface area contributed by atoms with Crippen LogP contribution in [0.4, 0.5) is 5.95 Å². The van der Waals surface area contributed by atoms with Gasteiger partial charge in [0.1, 0.15) is 5.37 Å². The lowest BCUT2D eigenvalue weighted by molar-refractivity contribution is 0.112. The molecule has 2 heterocycles. The van der Waals surface area contributed by atoms with E-state index in [0.717, 1.165) is 5.75 Å². The number of carbonyl (C=O) groups is 1. The molecule has 1 aromatic heterocycles. The predicted octanol–water partition coefficient (Wildman–Crippen LogP) is 0.603. The highest BCUT2D eigenvalue weighted by Gasteiger charge is 2.34. The summed E-state index contributed by atoms with van der Waals surface area (Å²) in [5.41, 5.74) is 0.380. The van der Waals surface area contributed by atoms with E-state index >= 15 is 0 Å². The van der Waals surface area contributed by atoms with Crippen molar-refractivity contribution in [1.82, 2.24) is 9.97 Å². The van der Waals surface area contributed by atoms with Crippen molar-refractivity contribution in [2.45, 2.75) is 12.3 Å². The smallest absolute Gasteiger partial charge is 0.226 e. The van der Waals surface area contributed by atoms with Gasteiger partial charge in [0.05, 0.1) is 5.56 Å². The molecular formula is C11H15N3O3S2. The second-order valence-corrected chi connectivity index (χ2v) is 7.71. The van der Waals surface area contributed by atoms with Gasteiger partial charge in [-0.1, -0.05) is 6.92 Å². The van der Waals surface area contributed by atoms with Crippen molar-refractivity contribution in [3.05, 3.63) is 18.0 Å². The molecule has 0 radical (unpaired) electrons. The molecule has 1 atom stereocenters. The lowest BCUT2D eigenvalue weighted by Gasteiger charge is -2.34. The Bertz CT molecular complexity index is 545. The molecule has 19 heavy (non-hydrogen) atoms. The molecule has 1 saturated heterocycles. The molecule has 0 spiro atoms. The molecule has 104 valence electrons. The van der Waals surface area contributed by atoms with Crippen molar-refractivity contribution < 1.29 is 13.2 Å². The fourth-order valence-electron chi connectivity index (χ4n) is 1.84. The summed E-state index contributed by atoms with van der Waals surface area (Å²) in [6.07, 6.45) is 3.48. The first-order valence-corrected chi connectivity index (χ1v) is 8.78. The summed E-state index contributed by atoms with van der Waals surface area (Å²) in [5.74, 6) is 1.83. The Morgan fingerprint density at radius 3 is 2.74 bits per heavy atom. The van der Waals surface area contributed by atoms with Gasteiger partial charge in [0.2, 0.25) is 5.95 Å². The number of rotatable bonds is 4. The van der Waals surface area contributed by atoms with Crippen LogP contribution in [-0.4, -0.2) is 53.8 Å². The third kappa shape index (κ3) is 3.06. The molecule has 2 rings (SSSR count). The monoisotopic (exact) mass is 301 g/mol. The van der Waals surface area contributed by atoms with E-state index in [2.05, 4.69) is 9.97 Å². The zero-order valence-electron chi connectivity index (χ0n) is 10.5. The molecule has 8 heteroatoms. The van der Waals surface area contributed by atoms with Gasteiger partial charge in [-0.25, -0.2) is 18.4 Å². The van der Waals surface area contributed by atoms with E-state index in [-0.39, 0.29) is 5.75 Å². The van der Waals surface area contributed by atoms with Crippen LogP contribution in [0.3, 0.4) is 0 Å². The molecule has 1 fully saturated rings. The van der Waals surface area contributed by atoms with Gasteiger partial charge < -0.3 is 4.90 Å². The topological polar surface area (TPSA) is 80.2 Å². The first-order chi connectivity index (χ1) is 9.08. The molecule has 0 aromatic carbocycles. The minimum atomic E-state index is -3.18. The van der Waals surface area contributed by atoms with Gasteiger partial charge in [-0.3, -0.25) is 4.79 Å². The Balaban J connectivity index is 2.31. The minimum Gasteiger partial charge on any atom is -0.322 e. The quantitative estimate of drug-likeness (QED) is 0.753.